The second kappa shape index (κ2) is 11.5. The lowest BCUT2D eigenvalue weighted by molar-refractivity contribution is -0.125. The van der Waals surface area contributed by atoms with Crippen molar-refractivity contribution in [2.24, 2.45) is 0 Å². The molecule has 0 aliphatic heterocycles. The zero-order valence-corrected chi connectivity index (χ0v) is 17.6. The van der Waals surface area contributed by atoms with Gasteiger partial charge >= 0.3 is 0 Å². The van der Waals surface area contributed by atoms with Crippen LogP contribution in [0.2, 0.25) is 0 Å². The second-order valence-electron chi connectivity index (χ2n) is 7.00. The van der Waals surface area contributed by atoms with E-state index < -0.39 is 0 Å². The Labute approximate surface area is 182 Å². The molecule has 0 atom stereocenters. The summed E-state index contributed by atoms with van der Waals surface area (Å²) >= 11 is 0. The van der Waals surface area contributed by atoms with Crippen molar-refractivity contribution < 1.29 is 14.3 Å². The number of rotatable bonds is 10. The average Bonchev–Trinajstić information content (AvgIpc) is 2.79. The lowest BCUT2D eigenvalue weighted by Crippen LogP contribution is -2.46. The van der Waals surface area contributed by atoms with Crippen LogP contribution in [0.5, 0.6) is 5.75 Å². The summed E-state index contributed by atoms with van der Waals surface area (Å²) in [6.45, 7) is 3.45. The first kappa shape index (κ1) is 22.1. The molecule has 0 radical (unpaired) electrons. The highest BCUT2D eigenvalue weighted by Crippen LogP contribution is 2.12. The molecule has 0 aliphatic carbocycles. The summed E-state index contributed by atoms with van der Waals surface area (Å²) in [6.07, 6.45) is 0. The Hall–Kier alpha value is -3.64. The molecule has 6 nitrogen and oxygen atoms in total. The molecule has 0 saturated heterocycles. The predicted octanol–water partition coefficient (Wildman–Crippen LogP) is 3.55. The minimum Gasteiger partial charge on any atom is -0.494 e. The highest BCUT2D eigenvalue weighted by atomic mass is 16.5. The number of amides is 2. The molecule has 0 unspecified atom stereocenters. The average molecular weight is 418 g/mol. The van der Waals surface area contributed by atoms with Gasteiger partial charge in [0.15, 0.2) is 0 Å². The molecule has 0 fully saturated rings. The molecule has 0 bridgehead atoms. The molecule has 2 amide bonds. The zero-order valence-electron chi connectivity index (χ0n) is 17.6. The van der Waals surface area contributed by atoms with Gasteiger partial charge in [-0.1, -0.05) is 60.7 Å². The number of carbonyl (C=O) groups excluding carboxylic acids is 2. The molecule has 3 rings (SSSR count). The van der Waals surface area contributed by atoms with Gasteiger partial charge < -0.3 is 10.1 Å². The standard InChI is InChI=1S/C25H27N3O3/c1-2-31-23-15-13-22(14-16-23)25(30)26-17-24(29)27-28(18-20-9-5-3-6-10-20)19-21-11-7-4-8-12-21/h3-16H,2,17-19H2,1H3,(H,26,30)(H,27,29). The minimum absolute atomic E-state index is 0.119. The lowest BCUT2D eigenvalue weighted by atomic mass is 10.2. The number of nitrogens with zero attached hydrogens (tertiary/aromatic N) is 1. The van der Waals surface area contributed by atoms with E-state index in [0.29, 0.717) is 31.0 Å². The molecule has 0 aromatic heterocycles. The molecule has 160 valence electrons. The Morgan fingerprint density at radius 2 is 1.35 bits per heavy atom. The summed E-state index contributed by atoms with van der Waals surface area (Å²) in [4.78, 5) is 24.9. The highest BCUT2D eigenvalue weighted by Gasteiger charge is 2.13. The number of hydrazine groups is 1. The van der Waals surface area contributed by atoms with Crippen LogP contribution in [0.25, 0.3) is 0 Å². The molecule has 3 aromatic rings. The number of carbonyl (C=O) groups is 2. The molecular formula is C25H27N3O3. The highest BCUT2D eigenvalue weighted by molar-refractivity contribution is 5.96. The fourth-order valence-corrected chi connectivity index (χ4v) is 3.09. The van der Waals surface area contributed by atoms with E-state index >= 15 is 0 Å². The van der Waals surface area contributed by atoms with E-state index in [9.17, 15) is 9.59 Å². The molecule has 6 heteroatoms. The van der Waals surface area contributed by atoms with Crippen molar-refractivity contribution >= 4 is 11.8 Å². The van der Waals surface area contributed by atoms with E-state index in [-0.39, 0.29) is 18.4 Å². The van der Waals surface area contributed by atoms with Gasteiger partial charge in [-0.2, -0.15) is 0 Å². The summed E-state index contributed by atoms with van der Waals surface area (Å²) in [5.41, 5.74) is 5.54. The first-order valence-electron chi connectivity index (χ1n) is 10.3. The van der Waals surface area contributed by atoms with Crippen LogP contribution in [-0.4, -0.2) is 30.0 Å². The van der Waals surface area contributed by atoms with Crippen molar-refractivity contribution in [3.63, 3.8) is 0 Å². The number of hydrogen-bond donors (Lipinski definition) is 2. The van der Waals surface area contributed by atoms with Gasteiger partial charge in [-0.3, -0.25) is 15.0 Å². The van der Waals surface area contributed by atoms with Crippen LogP contribution in [-0.2, 0) is 17.9 Å². The van der Waals surface area contributed by atoms with Crippen molar-refractivity contribution in [3.05, 3.63) is 102 Å². The van der Waals surface area contributed by atoms with Gasteiger partial charge in [0.2, 0.25) is 0 Å². The van der Waals surface area contributed by atoms with Crippen LogP contribution in [0, 0.1) is 0 Å². The fraction of sp³-hybridized carbons (Fsp3) is 0.200. The van der Waals surface area contributed by atoms with Crippen LogP contribution in [0.4, 0.5) is 0 Å². The molecule has 0 aliphatic rings. The van der Waals surface area contributed by atoms with Crippen molar-refractivity contribution in [1.29, 1.82) is 0 Å². The van der Waals surface area contributed by atoms with Crippen molar-refractivity contribution in [3.8, 4) is 5.75 Å². The maximum Gasteiger partial charge on any atom is 0.253 e. The smallest absolute Gasteiger partial charge is 0.253 e. The maximum absolute atomic E-state index is 12.5. The molecule has 0 heterocycles. The molecule has 0 spiro atoms. The molecule has 31 heavy (non-hydrogen) atoms. The Balaban J connectivity index is 1.56. The lowest BCUT2D eigenvalue weighted by Gasteiger charge is -2.23. The third-order valence-electron chi connectivity index (χ3n) is 4.55. The van der Waals surface area contributed by atoms with Crippen LogP contribution in [0.3, 0.4) is 0 Å². The number of benzene rings is 3. The summed E-state index contributed by atoms with van der Waals surface area (Å²) in [5.74, 6) is 0.108. The normalized spacial score (nSPS) is 10.5. The monoisotopic (exact) mass is 417 g/mol. The van der Waals surface area contributed by atoms with Crippen molar-refractivity contribution in [2.75, 3.05) is 13.2 Å². The number of nitrogens with one attached hydrogen (secondary N) is 2. The van der Waals surface area contributed by atoms with E-state index in [1.54, 1.807) is 24.3 Å². The van der Waals surface area contributed by atoms with Crippen LogP contribution in [0.1, 0.15) is 28.4 Å². The SMILES string of the molecule is CCOc1ccc(C(=O)NCC(=O)NN(Cc2ccccc2)Cc2ccccc2)cc1. The van der Waals surface area contributed by atoms with Crippen LogP contribution in [0.15, 0.2) is 84.9 Å². The van der Waals surface area contributed by atoms with Crippen molar-refractivity contribution in [1.82, 2.24) is 15.8 Å². The summed E-state index contributed by atoms with van der Waals surface area (Å²) in [5, 5.41) is 4.51. The third kappa shape index (κ3) is 7.28. The minimum atomic E-state index is -0.309. The predicted molar refractivity (Wildman–Crippen MR) is 120 cm³/mol. The quantitative estimate of drug-likeness (QED) is 0.495. The van der Waals surface area contributed by atoms with Gasteiger partial charge in [-0.15, -0.1) is 0 Å². The van der Waals surface area contributed by atoms with E-state index in [4.69, 9.17) is 4.74 Å². The van der Waals surface area contributed by atoms with Gasteiger partial charge in [-0.25, -0.2) is 5.01 Å². The summed E-state index contributed by atoms with van der Waals surface area (Å²) in [6, 6.07) is 26.7. The molecule has 0 saturated carbocycles. The molecular weight excluding hydrogens is 390 g/mol. The fourth-order valence-electron chi connectivity index (χ4n) is 3.09. The van der Waals surface area contributed by atoms with Crippen molar-refractivity contribution in [2.45, 2.75) is 20.0 Å². The van der Waals surface area contributed by atoms with Gasteiger partial charge in [0, 0.05) is 18.7 Å². The van der Waals surface area contributed by atoms with E-state index in [1.807, 2.05) is 72.6 Å². The van der Waals surface area contributed by atoms with Gasteiger partial charge in [0.05, 0.1) is 13.2 Å². The van der Waals surface area contributed by atoms with E-state index in [2.05, 4.69) is 10.7 Å². The number of hydrogen-bond acceptors (Lipinski definition) is 4. The summed E-state index contributed by atoms with van der Waals surface area (Å²) < 4.78 is 5.38. The van der Waals surface area contributed by atoms with Gasteiger partial charge in [0.25, 0.3) is 11.8 Å². The third-order valence-corrected chi connectivity index (χ3v) is 4.55. The van der Waals surface area contributed by atoms with Crippen LogP contribution < -0.4 is 15.5 Å². The van der Waals surface area contributed by atoms with Gasteiger partial charge in [0.1, 0.15) is 5.75 Å². The first-order chi connectivity index (χ1) is 15.1. The Bertz CT molecular complexity index is 919. The summed E-state index contributed by atoms with van der Waals surface area (Å²) in [7, 11) is 0. The first-order valence-corrected chi connectivity index (χ1v) is 10.3. The maximum atomic E-state index is 12.5. The Kier molecular flexibility index (Phi) is 8.20. The zero-order chi connectivity index (χ0) is 21.9. The number of ether oxygens (including phenoxy) is 1. The van der Waals surface area contributed by atoms with E-state index in [1.165, 1.54) is 0 Å². The molecule has 3 aromatic carbocycles. The Morgan fingerprint density at radius 1 is 0.806 bits per heavy atom. The van der Waals surface area contributed by atoms with Gasteiger partial charge in [-0.05, 0) is 42.3 Å². The largest absolute Gasteiger partial charge is 0.494 e. The van der Waals surface area contributed by atoms with E-state index in [0.717, 1.165) is 11.1 Å². The second-order valence-corrected chi connectivity index (χ2v) is 7.00. The Morgan fingerprint density at radius 3 is 1.87 bits per heavy atom. The van der Waals surface area contributed by atoms with Crippen LogP contribution >= 0.6 is 0 Å². The topological polar surface area (TPSA) is 70.7 Å². The molecule has 2 N–H and O–H groups in total.